The molecule has 0 saturated heterocycles. The van der Waals surface area contributed by atoms with E-state index in [9.17, 15) is 4.79 Å². The van der Waals surface area contributed by atoms with Gasteiger partial charge in [0.25, 0.3) is 5.56 Å². The third-order valence-electron chi connectivity index (χ3n) is 4.71. The topological polar surface area (TPSA) is 71.1 Å². The van der Waals surface area contributed by atoms with Crippen LogP contribution in [-0.4, -0.2) is 33.5 Å². The van der Waals surface area contributed by atoms with Gasteiger partial charge >= 0.3 is 0 Å². The Morgan fingerprint density at radius 3 is 2.96 bits per heavy atom. The monoisotopic (exact) mass is 382 g/mol. The van der Waals surface area contributed by atoms with Crippen molar-refractivity contribution in [3.63, 3.8) is 0 Å². The second-order valence-electron chi connectivity index (χ2n) is 6.51. The van der Waals surface area contributed by atoms with Gasteiger partial charge < -0.3 is 9.72 Å². The highest BCUT2D eigenvalue weighted by Crippen LogP contribution is 2.26. The number of H-pyrrole nitrogens is 1. The number of halogens is 1. The third kappa shape index (κ3) is 3.72. The zero-order valence-corrected chi connectivity index (χ0v) is 15.7. The fraction of sp³-hybridized carbons (Fsp3) is 0.250. The van der Waals surface area contributed by atoms with E-state index in [1.54, 1.807) is 19.5 Å². The summed E-state index contributed by atoms with van der Waals surface area (Å²) in [7, 11) is 1.60. The van der Waals surface area contributed by atoms with Gasteiger partial charge in [0.1, 0.15) is 11.6 Å². The van der Waals surface area contributed by atoms with Crippen molar-refractivity contribution in [2.75, 3.05) is 13.7 Å². The first-order chi connectivity index (χ1) is 13.1. The Kier molecular flexibility index (Phi) is 4.92. The van der Waals surface area contributed by atoms with Crippen molar-refractivity contribution in [2.45, 2.75) is 19.5 Å². The standard InChI is InChI=1S/C20H19ClN4O2/c1-27-18-5-4-13(9-16(18)21)11-25-8-6-17-15(12-25)20(26)24-19(23-17)14-3-2-7-22-10-14/h2-5,7,9-10H,6,8,11-12H2,1H3,(H,23,24,26). The molecule has 4 rings (SSSR count). The van der Waals surface area contributed by atoms with E-state index in [4.69, 9.17) is 16.3 Å². The molecule has 0 radical (unpaired) electrons. The first-order valence-corrected chi connectivity index (χ1v) is 9.09. The van der Waals surface area contributed by atoms with Gasteiger partial charge in [-0.25, -0.2) is 4.98 Å². The molecule has 1 aliphatic heterocycles. The number of hydrogen-bond acceptors (Lipinski definition) is 5. The van der Waals surface area contributed by atoms with E-state index in [0.717, 1.165) is 35.3 Å². The van der Waals surface area contributed by atoms with Crippen LogP contribution < -0.4 is 10.3 Å². The molecular formula is C20H19ClN4O2. The number of aromatic amines is 1. The van der Waals surface area contributed by atoms with Crippen LogP contribution >= 0.6 is 11.6 Å². The smallest absolute Gasteiger partial charge is 0.255 e. The quantitative estimate of drug-likeness (QED) is 0.750. The van der Waals surface area contributed by atoms with Gasteiger partial charge in [0.15, 0.2) is 0 Å². The molecule has 1 aromatic carbocycles. The van der Waals surface area contributed by atoms with Crippen LogP contribution in [0.15, 0.2) is 47.5 Å². The Bertz CT molecular complexity index is 1020. The lowest BCUT2D eigenvalue weighted by Gasteiger charge is -2.27. The van der Waals surface area contributed by atoms with Crippen LogP contribution in [0.5, 0.6) is 5.75 Å². The molecule has 1 aliphatic rings. The summed E-state index contributed by atoms with van der Waals surface area (Å²) in [5, 5.41) is 0.591. The van der Waals surface area contributed by atoms with Crippen molar-refractivity contribution in [1.29, 1.82) is 0 Å². The summed E-state index contributed by atoms with van der Waals surface area (Å²) in [6, 6.07) is 9.49. The lowest BCUT2D eigenvalue weighted by Crippen LogP contribution is -2.35. The molecular weight excluding hydrogens is 364 g/mol. The molecule has 2 aromatic heterocycles. The number of nitrogens with one attached hydrogen (secondary N) is 1. The number of fused-ring (bicyclic) bond motifs is 1. The van der Waals surface area contributed by atoms with Crippen LogP contribution in [0.1, 0.15) is 16.8 Å². The van der Waals surface area contributed by atoms with Crippen molar-refractivity contribution in [3.05, 3.63) is 74.9 Å². The van der Waals surface area contributed by atoms with E-state index in [1.165, 1.54) is 0 Å². The zero-order valence-electron chi connectivity index (χ0n) is 14.9. The molecule has 0 bridgehead atoms. The van der Waals surface area contributed by atoms with Crippen molar-refractivity contribution < 1.29 is 4.74 Å². The van der Waals surface area contributed by atoms with E-state index in [-0.39, 0.29) is 5.56 Å². The van der Waals surface area contributed by atoms with Gasteiger partial charge in [-0.15, -0.1) is 0 Å². The van der Waals surface area contributed by atoms with Gasteiger partial charge in [0.2, 0.25) is 0 Å². The number of aromatic nitrogens is 3. The Morgan fingerprint density at radius 2 is 2.22 bits per heavy atom. The van der Waals surface area contributed by atoms with Crippen LogP contribution in [0.4, 0.5) is 0 Å². The first-order valence-electron chi connectivity index (χ1n) is 8.71. The molecule has 0 atom stereocenters. The number of rotatable bonds is 4. The van der Waals surface area contributed by atoms with Crippen molar-refractivity contribution in [3.8, 4) is 17.1 Å². The van der Waals surface area contributed by atoms with E-state index in [1.807, 2.05) is 30.3 Å². The summed E-state index contributed by atoms with van der Waals surface area (Å²) >= 11 is 6.22. The van der Waals surface area contributed by atoms with Gasteiger partial charge in [0, 0.05) is 44.0 Å². The molecule has 3 aromatic rings. The van der Waals surface area contributed by atoms with Crippen molar-refractivity contribution in [1.82, 2.24) is 19.9 Å². The van der Waals surface area contributed by atoms with Gasteiger partial charge in [0.05, 0.1) is 23.4 Å². The van der Waals surface area contributed by atoms with E-state index in [2.05, 4.69) is 19.9 Å². The molecule has 0 amide bonds. The summed E-state index contributed by atoms with van der Waals surface area (Å²) in [6.07, 6.45) is 4.13. The van der Waals surface area contributed by atoms with E-state index >= 15 is 0 Å². The van der Waals surface area contributed by atoms with Crippen LogP contribution in [0.3, 0.4) is 0 Å². The van der Waals surface area contributed by atoms with Crippen LogP contribution in [0.2, 0.25) is 5.02 Å². The maximum atomic E-state index is 12.6. The van der Waals surface area contributed by atoms with E-state index < -0.39 is 0 Å². The maximum absolute atomic E-state index is 12.6. The number of benzene rings is 1. The average Bonchev–Trinajstić information content (AvgIpc) is 2.69. The highest BCUT2D eigenvalue weighted by Gasteiger charge is 2.21. The lowest BCUT2D eigenvalue weighted by atomic mass is 10.1. The minimum Gasteiger partial charge on any atom is -0.495 e. The fourth-order valence-electron chi connectivity index (χ4n) is 3.32. The highest BCUT2D eigenvalue weighted by molar-refractivity contribution is 6.32. The molecule has 0 saturated carbocycles. The second kappa shape index (κ2) is 7.50. The third-order valence-corrected chi connectivity index (χ3v) is 5.00. The maximum Gasteiger partial charge on any atom is 0.255 e. The van der Waals surface area contributed by atoms with Gasteiger partial charge in [-0.05, 0) is 29.8 Å². The molecule has 7 heteroatoms. The molecule has 3 heterocycles. The number of ether oxygens (including phenoxy) is 1. The number of hydrogen-bond donors (Lipinski definition) is 1. The first kappa shape index (κ1) is 17.7. The largest absolute Gasteiger partial charge is 0.495 e. The molecule has 27 heavy (non-hydrogen) atoms. The van der Waals surface area contributed by atoms with Gasteiger partial charge in [-0.1, -0.05) is 17.7 Å². The second-order valence-corrected chi connectivity index (χ2v) is 6.92. The molecule has 0 fully saturated rings. The van der Waals surface area contributed by atoms with Crippen molar-refractivity contribution >= 4 is 11.6 Å². The minimum absolute atomic E-state index is 0.0867. The molecule has 0 spiro atoms. The highest BCUT2D eigenvalue weighted by atomic mass is 35.5. The summed E-state index contributed by atoms with van der Waals surface area (Å²) < 4.78 is 5.20. The summed E-state index contributed by atoms with van der Waals surface area (Å²) in [4.78, 5) is 26.5. The number of pyridine rings is 1. The predicted molar refractivity (Wildman–Crippen MR) is 104 cm³/mol. The Morgan fingerprint density at radius 1 is 1.33 bits per heavy atom. The normalized spacial score (nSPS) is 14.0. The van der Waals surface area contributed by atoms with Gasteiger partial charge in [-0.2, -0.15) is 0 Å². The fourth-order valence-corrected chi connectivity index (χ4v) is 3.60. The van der Waals surface area contributed by atoms with E-state index in [0.29, 0.717) is 29.7 Å². The minimum atomic E-state index is -0.0867. The Balaban J connectivity index is 1.55. The molecule has 6 nitrogen and oxygen atoms in total. The SMILES string of the molecule is COc1ccc(CN2CCc3nc(-c4cccnc4)[nH]c(=O)c3C2)cc1Cl. The summed E-state index contributed by atoms with van der Waals surface area (Å²) in [5.74, 6) is 1.23. The molecule has 1 N–H and O–H groups in total. The van der Waals surface area contributed by atoms with Crippen molar-refractivity contribution in [2.24, 2.45) is 0 Å². The lowest BCUT2D eigenvalue weighted by molar-refractivity contribution is 0.242. The summed E-state index contributed by atoms with van der Waals surface area (Å²) in [5.41, 5.74) is 3.40. The summed E-state index contributed by atoms with van der Waals surface area (Å²) in [6.45, 7) is 2.11. The number of methoxy groups -OCH3 is 1. The predicted octanol–water partition coefficient (Wildman–Crippen LogP) is 3.05. The Labute approximate surface area is 161 Å². The van der Waals surface area contributed by atoms with Crippen LogP contribution in [0, 0.1) is 0 Å². The van der Waals surface area contributed by atoms with Crippen LogP contribution in [0.25, 0.3) is 11.4 Å². The molecule has 138 valence electrons. The Hall–Kier alpha value is -2.70. The van der Waals surface area contributed by atoms with Gasteiger partial charge in [-0.3, -0.25) is 14.7 Å². The zero-order chi connectivity index (χ0) is 18.8. The van der Waals surface area contributed by atoms with Crippen LogP contribution in [-0.2, 0) is 19.5 Å². The number of nitrogens with zero attached hydrogens (tertiary/aromatic N) is 3. The average molecular weight is 383 g/mol. The molecule has 0 unspecified atom stereocenters. The molecule has 0 aliphatic carbocycles.